The Labute approximate surface area is 105 Å². The second-order valence-corrected chi connectivity index (χ2v) is 4.60. The van der Waals surface area contributed by atoms with Crippen LogP contribution in [-0.2, 0) is 16.1 Å². The molecule has 1 saturated heterocycles. The van der Waals surface area contributed by atoms with Crippen molar-refractivity contribution >= 4 is 5.97 Å². The molecule has 0 amide bonds. The number of carbonyl (C=O) groups is 1. The third kappa shape index (κ3) is 2.88. The Morgan fingerprint density at radius 2 is 2.28 bits per heavy atom. The number of ether oxygens (including phenoxy) is 1. The first-order valence-electron chi connectivity index (χ1n) is 6.08. The van der Waals surface area contributed by atoms with Gasteiger partial charge in [-0.25, -0.2) is 4.79 Å². The quantitative estimate of drug-likeness (QED) is 0.816. The highest BCUT2D eigenvalue weighted by molar-refractivity contribution is 5.72. The fourth-order valence-corrected chi connectivity index (χ4v) is 2.15. The van der Waals surface area contributed by atoms with Crippen LogP contribution in [0.1, 0.15) is 29.9 Å². The summed E-state index contributed by atoms with van der Waals surface area (Å²) in [4.78, 5) is 10.7. The number of carboxylic acid groups (broad SMARTS) is 1. The molecule has 2 N–H and O–H groups in total. The number of rotatable bonds is 5. The predicted octanol–water partition coefficient (Wildman–Crippen LogP) is 1.01. The van der Waals surface area contributed by atoms with Crippen molar-refractivity contribution in [1.29, 1.82) is 0 Å². The fraction of sp³-hybridized carbons (Fsp3) is 0.667. The summed E-state index contributed by atoms with van der Waals surface area (Å²) >= 11 is 0. The van der Waals surface area contributed by atoms with E-state index in [2.05, 4.69) is 10.5 Å². The average Bonchev–Trinajstić information content (AvgIpc) is 2.90. The molecule has 1 aromatic rings. The van der Waals surface area contributed by atoms with Gasteiger partial charge in [0.2, 0.25) is 0 Å². The van der Waals surface area contributed by atoms with Crippen LogP contribution in [0.25, 0.3) is 0 Å². The molecule has 2 atom stereocenters. The van der Waals surface area contributed by atoms with Gasteiger partial charge in [-0.2, -0.15) is 0 Å². The molecule has 18 heavy (non-hydrogen) atoms. The van der Waals surface area contributed by atoms with E-state index >= 15 is 0 Å². The Balaban J connectivity index is 1.75. The largest absolute Gasteiger partial charge is 0.479 e. The zero-order valence-electron chi connectivity index (χ0n) is 10.6. The van der Waals surface area contributed by atoms with Crippen molar-refractivity contribution in [2.75, 3.05) is 6.54 Å². The van der Waals surface area contributed by atoms with Gasteiger partial charge in [-0.1, -0.05) is 5.16 Å². The van der Waals surface area contributed by atoms with E-state index in [1.165, 1.54) is 0 Å². The zero-order valence-corrected chi connectivity index (χ0v) is 10.6. The number of nitrogens with one attached hydrogen (secondary N) is 1. The van der Waals surface area contributed by atoms with E-state index in [1.807, 2.05) is 13.8 Å². The molecule has 1 fully saturated rings. The maximum Gasteiger partial charge on any atom is 0.332 e. The Morgan fingerprint density at radius 3 is 2.83 bits per heavy atom. The van der Waals surface area contributed by atoms with Gasteiger partial charge in [-0.15, -0.1) is 0 Å². The molecule has 6 nitrogen and oxygen atoms in total. The van der Waals surface area contributed by atoms with Crippen molar-refractivity contribution in [3.8, 4) is 0 Å². The van der Waals surface area contributed by atoms with Crippen molar-refractivity contribution in [2.24, 2.45) is 0 Å². The third-order valence-corrected chi connectivity index (χ3v) is 3.24. The normalized spacial score (nSPS) is 23.4. The Kier molecular flexibility index (Phi) is 3.98. The minimum absolute atomic E-state index is 0.0217. The van der Waals surface area contributed by atoms with Gasteiger partial charge in [0.25, 0.3) is 0 Å². The molecular weight excluding hydrogens is 236 g/mol. The summed E-state index contributed by atoms with van der Waals surface area (Å²) in [6, 6.07) is 0. The number of carboxylic acids is 1. The van der Waals surface area contributed by atoms with Gasteiger partial charge in [0.15, 0.2) is 6.10 Å². The molecule has 0 spiro atoms. The minimum atomic E-state index is -0.872. The first kappa shape index (κ1) is 13.0. The SMILES string of the molecule is Cc1noc(C)c1CNCC1CCC(C(=O)O)O1. The molecule has 0 radical (unpaired) electrons. The van der Waals surface area contributed by atoms with Gasteiger partial charge in [0.1, 0.15) is 5.76 Å². The smallest absolute Gasteiger partial charge is 0.332 e. The second kappa shape index (κ2) is 5.49. The number of aliphatic carboxylic acids is 1. The molecule has 6 heteroatoms. The number of hydrogen-bond acceptors (Lipinski definition) is 5. The first-order chi connectivity index (χ1) is 8.58. The number of hydrogen-bond donors (Lipinski definition) is 2. The Hall–Kier alpha value is -1.40. The van der Waals surface area contributed by atoms with Gasteiger partial charge in [0.05, 0.1) is 11.8 Å². The highest BCUT2D eigenvalue weighted by Gasteiger charge is 2.30. The van der Waals surface area contributed by atoms with Crippen LogP contribution >= 0.6 is 0 Å². The van der Waals surface area contributed by atoms with Crippen molar-refractivity contribution in [2.45, 2.75) is 45.4 Å². The zero-order chi connectivity index (χ0) is 13.1. The minimum Gasteiger partial charge on any atom is -0.479 e. The van der Waals surface area contributed by atoms with Crippen LogP contribution in [0, 0.1) is 13.8 Å². The third-order valence-electron chi connectivity index (χ3n) is 3.24. The lowest BCUT2D eigenvalue weighted by molar-refractivity contribution is -0.149. The lowest BCUT2D eigenvalue weighted by Gasteiger charge is -2.12. The van der Waals surface area contributed by atoms with Crippen LogP contribution in [0.3, 0.4) is 0 Å². The molecule has 0 aliphatic carbocycles. The molecule has 0 saturated carbocycles. The van der Waals surface area contributed by atoms with Gasteiger partial charge in [-0.05, 0) is 26.7 Å². The number of nitrogens with zero attached hydrogens (tertiary/aromatic N) is 1. The molecule has 100 valence electrons. The summed E-state index contributed by atoms with van der Waals surface area (Å²) < 4.78 is 10.5. The van der Waals surface area contributed by atoms with Gasteiger partial charge >= 0.3 is 5.97 Å². The van der Waals surface area contributed by atoms with E-state index in [-0.39, 0.29) is 6.10 Å². The highest BCUT2D eigenvalue weighted by atomic mass is 16.5. The standard InChI is InChI=1S/C12H18N2O4/c1-7-10(8(2)18-14-7)6-13-5-9-3-4-11(17-9)12(15)16/h9,11,13H,3-6H2,1-2H3,(H,15,16). The Morgan fingerprint density at radius 1 is 1.50 bits per heavy atom. The van der Waals surface area contributed by atoms with Crippen LogP contribution in [-0.4, -0.2) is 35.0 Å². The van der Waals surface area contributed by atoms with Gasteiger partial charge in [-0.3, -0.25) is 0 Å². The van der Waals surface area contributed by atoms with Crippen LogP contribution in [0.5, 0.6) is 0 Å². The molecule has 1 aliphatic rings. The van der Waals surface area contributed by atoms with E-state index in [0.717, 1.165) is 23.4 Å². The predicted molar refractivity (Wildman–Crippen MR) is 63.2 cm³/mol. The van der Waals surface area contributed by atoms with E-state index in [1.54, 1.807) is 0 Å². The van der Waals surface area contributed by atoms with Crippen molar-refractivity contribution in [3.63, 3.8) is 0 Å². The second-order valence-electron chi connectivity index (χ2n) is 4.60. The van der Waals surface area contributed by atoms with E-state index < -0.39 is 12.1 Å². The van der Waals surface area contributed by atoms with Crippen molar-refractivity contribution in [3.05, 3.63) is 17.0 Å². The Bertz CT molecular complexity index is 410. The average molecular weight is 254 g/mol. The summed E-state index contributed by atoms with van der Waals surface area (Å²) in [6.07, 6.45) is 0.709. The van der Waals surface area contributed by atoms with Crippen LogP contribution in [0.4, 0.5) is 0 Å². The maximum absolute atomic E-state index is 10.7. The van der Waals surface area contributed by atoms with E-state index in [0.29, 0.717) is 19.5 Å². The molecule has 1 aromatic heterocycles. The van der Waals surface area contributed by atoms with Crippen LogP contribution < -0.4 is 5.32 Å². The molecule has 2 heterocycles. The van der Waals surface area contributed by atoms with Gasteiger partial charge in [0, 0.05) is 18.7 Å². The first-order valence-corrected chi connectivity index (χ1v) is 6.08. The van der Waals surface area contributed by atoms with Crippen LogP contribution in [0.15, 0.2) is 4.52 Å². The number of aromatic nitrogens is 1. The maximum atomic E-state index is 10.7. The molecule has 2 rings (SSSR count). The molecule has 1 aliphatic heterocycles. The topological polar surface area (TPSA) is 84.6 Å². The van der Waals surface area contributed by atoms with Crippen LogP contribution in [0.2, 0.25) is 0 Å². The number of aryl methyl sites for hydroxylation is 2. The summed E-state index contributed by atoms with van der Waals surface area (Å²) in [7, 11) is 0. The van der Waals surface area contributed by atoms with E-state index in [4.69, 9.17) is 14.4 Å². The fourth-order valence-electron chi connectivity index (χ4n) is 2.15. The van der Waals surface area contributed by atoms with Crippen molar-refractivity contribution in [1.82, 2.24) is 10.5 Å². The summed E-state index contributed by atoms with van der Waals surface area (Å²) in [5.41, 5.74) is 1.94. The van der Waals surface area contributed by atoms with E-state index in [9.17, 15) is 4.79 Å². The summed E-state index contributed by atoms with van der Waals surface area (Å²) in [5, 5.41) is 15.9. The van der Waals surface area contributed by atoms with Gasteiger partial charge < -0.3 is 19.7 Å². The molecular formula is C12H18N2O4. The molecule has 0 aromatic carbocycles. The molecule has 0 bridgehead atoms. The highest BCUT2D eigenvalue weighted by Crippen LogP contribution is 2.19. The van der Waals surface area contributed by atoms with Crippen molar-refractivity contribution < 1.29 is 19.2 Å². The summed E-state index contributed by atoms with van der Waals surface area (Å²) in [5.74, 6) is -0.0565. The lowest BCUT2D eigenvalue weighted by Crippen LogP contribution is -2.28. The monoisotopic (exact) mass is 254 g/mol. The lowest BCUT2D eigenvalue weighted by atomic mass is 10.2. The summed E-state index contributed by atoms with van der Waals surface area (Å²) in [6.45, 7) is 5.09. The molecule has 2 unspecified atom stereocenters.